The average Bonchev–Trinajstić information content (AvgIpc) is 3.06. The summed E-state index contributed by atoms with van der Waals surface area (Å²) >= 11 is 0. The Bertz CT molecular complexity index is 1010. The van der Waals surface area contributed by atoms with Crippen LogP contribution in [0.25, 0.3) is 21.8 Å². The first kappa shape index (κ1) is 15.3. The largest absolute Gasteiger partial charge is 0.317 e. The van der Waals surface area contributed by atoms with Gasteiger partial charge < -0.3 is 4.57 Å². The smallest absolute Gasteiger partial charge is 0.259 e. The van der Waals surface area contributed by atoms with Crippen LogP contribution in [-0.2, 0) is 6.54 Å². The molecule has 5 nitrogen and oxygen atoms in total. The number of hydrogen-bond acceptors (Lipinski definition) is 3. The van der Waals surface area contributed by atoms with Gasteiger partial charge in [0.1, 0.15) is 0 Å². The van der Waals surface area contributed by atoms with Gasteiger partial charge in [-0.3, -0.25) is 10.1 Å². The number of rotatable bonds is 4. The molecule has 1 amide bonds. The van der Waals surface area contributed by atoms with Crippen LogP contribution < -0.4 is 5.32 Å². The topological polar surface area (TPSA) is 59.8 Å². The highest BCUT2D eigenvalue weighted by Gasteiger charge is 2.17. The van der Waals surface area contributed by atoms with Gasteiger partial charge in [-0.25, -0.2) is 9.97 Å². The van der Waals surface area contributed by atoms with Gasteiger partial charge in [0, 0.05) is 29.7 Å². The second-order valence-electron chi connectivity index (χ2n) is 5.92. The van der Waals surface area contributed by atoms with Crippen molar-refractivity contribution in [1.82, 2.24) is 14.5 Å². The van der Waals surface area contributed by atoms with Gasteiger partial charge in [0.25, 0.3) is 5.91 Å². The number of nitrogens with one attached hydrogen (secondary N) is 1. The Morgan fingerprint density at radius 3 is 2.32 bits per heavy atom. The highest BCUT2D eigenvalue weighted by atomic mass is 16.1. The van der Waals surface area contributed by atoms with E-state index >= 15 is 0 Å². The maximum Gasteiger partial charge on any atom is 0.259 e. The summed E-state index contributed by atoms with van der Waals surface area (Å²) in [5, 5.41) is 4.64. The number of pyridine rings is 1. The van der Waals surface area contributed by atoms with Crippen LogP contribution in [0.3, 0.4) is 0 Å². The summed E-state index contributed by atoms with van der Waals surface area (Å²) in [5.41, 5.74) is 2.25. The van der Waals surface area contributed by atoms with Crippen LogP contribution >= 0.6 is 0 Å². The van der Waals surface area contributed by atoms with Gasteiger partial charge in [-0.2, -0.15) is 0 Å². The van der Waals surface area contributed by atoms with E-state index in [9.17, 15) is 4.79 Å². The van der Waals surface area contributed by atoms with Crippen LogP contribution in [0.2, 0.25) is 0 Å². The molecule has 0 saturated heterocycles. The molecule has 0 spiro atoms. The number of fused-ring (bicyclic) bond motifs is 2. The van der Waals surface area contributed by atoms with E-state index in [4.69, 9.17) is 0 Å². The first-order chi connectivity index (χ1) is 12.3. The van der Waals surface area contributed by atoms with E-state index in [0.29, 0.717) is 11.5 Å². The third-order valence-electron chi connectivity index (χ3n) is 4.22. The van der Waals surface area contributed by atoms with Crippen molar-refractivity contribution in [2.75, 3.05) is 5.32 Å². The number of aromatic nitrogens is 3. The molecular weight excluding hydrogens is 312 g/mol. The Hall–Kier alpha value is -3.21. The molecule has 0 aliphatic heterocycles. The zero-order chi connectivity index (χ0) is 17.2. The Morgan fingerprint density at radius 2 is 1.68 bits per heavy atom. The zero-order valence-corrected chi connectivity index (χ0v) is 13.9. The molecule has 5 heteroatoms. The highest BCUT2D eigenvalue weighted by Crippen LogP contribution is 2.26. The molecule has 124 valence electrons. The van der Waals surface area contributed by atoms with Gasteiger partial charge in [0.15, 0.2) is 0 Å². The summed E-state index contributed by atoms with van der Waals surface area (Å²) in [6, 6.07) is 15.4. The normalized spacial score (nSPS) is 11.1. The van der Waals surface area contributed by atoms with Crippen LogP contribution in [-0.4, -0.2) is 20.4 Å². The number of benzene rings is 2. The molecule has 0 aliphatic carbocycles. The van der Waals surface area contributed by atoms with E-state index in [1.54, 1.807) is 6.20 Å². The van der Waals surface area contributed by atoms with E-state index in [1.807, 2.05) is 59.3 Å². The van der Waals surface area contributed by atoms with Crippen LogP contribution in [0.5, 0.6) is 0 Å². The number of para-hydroxylation sites is 2. The van der Waals surface area contributed by atoms with E-state index in [0.717, 1.165) is 34.8 Å². The van der Waals surface area contributed by atoms with Crippen molar-refractivity contribution in [1.29, 1.82) is 0 Å². The van der Waals surface area contributed by atoms with Crippen molar-refractivity contribution in [3.63, 3.8) is 0 Å². The predicted octanol–water partition coefficient (Wildman–Crippen LogP) is 4.25. The molecule has 1 N–H and O–H groups in total. The molecule has 2 heterocycles. The summed E-state index contributed by atoms with van der Waals surface area (Å²) < 4.78 is 1.95. The van der Waals surface area contributed by atoms with Crippen molar-refractivity contribution in [3.05, 3.63) is 66.5 Å². The minimum atomic E-state index is -0.168. The first-order valence-corrected chi connectivity index (χ1v) is 8.38. The lowest BCUT2D eigenvalue weighted by molar-refractivity contribution is 0.102. The molecule has 2 aromatic carbocycles. The van der Waals surface area contributed by atoms with Crippen LogP contribution in [0.15, 0.2) is 60.9 Å². The number of carbonyl (C=O) groups excluding carboxylic acids is 1. The second kappa shape index (κ2) is 6.36. The fraction of sp³-hybridized carbons (Fsp3) is 0.150. The summed E-state index contributed by atoms with van der Waals surface area (Å²) in [4.78, 5) is 22.0. The summed E-state index contributed by atoms with van der Waals surface area (Å²) in [6.07, 6.45) is 4.55. The van der Waals surface area contributed by atoms with Crippen LogP contribution in [0, 0.1) is 0 Å². The fourth-order valence-electron chi connectivity index (χ4n) is 3.10. The molecule has 0 aliphatic rings. The standard InChI is InChI=1S/C20H18N4O/c1-2-12-24-13-11-21-20(24)23-19(25)18-14-7-3-5-9-16(14)22-17-10-6-4-8-15(17)18/h3-11,13H,2,12H2,1H3,(H,21,23,25). The molecule has 0 unspecified atom stereocenters. The summed E-state index contributed by atoms with van der Waals surface area (Å²) in [5.74, 6) is 0.398. The van der Waals surface area contributed by atoms with Crippen LogP contribution in [0.4, 0.5) is 5.95 Å². The van der Waals surface area contributed by atoms with Crippen molar-refractivity contribution in [2.45, 2.75) is 19.9 Å². The van der Waals surface area contributed by atoms with Crippen LogP contribution in [0.1, 0.15) is 23.7 Å². The monoisotopic (exact) mass is 330 g/mol. The number of imidazole rings is 1. The quantitative estimate of drug-likeness (QED) is 0.569. The number of nitrogens with zero attached hydrogens (tertiary/aromatic N) is 3. The molecule has 0 fully saturated rings. The van der Waals surface area contributed by atoms with Gasteiger partial charge in [-0.1, -0.05) is 43.3 Å². The molecule has 0 atom stereocenters. The van der Waals surface area contributed by atoms with E-state index < -0.39 is 0 Å². The van der Waals surface area contributed by atoms with Gasteiger partial charge in [0.05, 0.1) is 16.6 Å². The SMILES string of the molecule is CCCn1ccnc1NC(=O)c1c2ccccc2nc2ccccc12. The molecule has 0 radical (unpaired) electrons. The fourth-order valence-corrected chi connectivity index (χ4v) is 3.10. The molecule has 25 heavy (non-hydrogen) atoms. The molecule has 4 aromatic rings. The van der Waals surface area contributed by atoms with Crippen molar-refractivity contribution >= 4 is 33.7 Å². The molecule has 4 rings (SSSR count). The van der Waals surface area contributed by atoms with Crippen molar-refractivity contribution in [3.8, 4) is 0 Å². The third-order valence-corrected chi connectivity index (χ3v) is 4.22. The Balaban J connectivity index is 1.86. The average molecular weight is 330 g/mol. The van der Waals surface area contributed by atoms with Crippen molar-refractivity contribution < 1.29 is 4.79 Å². The summed E-state index contributed by atoms with van der Waals surface area (Å²) in [7, 11) is 0. The minimum absolute atomic E-state index is 0.168. The Morgan fingerprint density at radius 1 is 1.04 bits per heavy atom. The van der Waals surface area contributed by atoms with Gasteiger partial charge in [0.2, 0.25) is 5.95 Å². The second-order valence-corrected chi connectivity index (χ2v) is 5.92. The van der Waals surface area contributed by atoms with Gasteiger partial charge >= 0.3 is 0 Å². The number of aryl methyl sites for hydroxylation is 1. The Labute approximate surface area is 145 Å². The number of anilines is 1. The number of carbonyl (C=O) groups is 1. The summed E-state index contributed by atoms with van der Waals surface area (Å²) in [6.45, 7) is 2.91. The number of hydrogen-bond donors (Lipinski definition) is 1. The van der Waals surface area contributed by atoms with Gasteiger partial charge in [-0.05, 0) is 18.6 Å². The zero-order valence-electron chi connectivity index (χ0n) is 13.9. The lowest BCUT2D eigenvalue weighted by Gasteiger charge is -2.12. The maximum atomic E-state index is 13.1. The van der Waals surface area contributed by atoms with E-state index in [1.165, 1.54) is 0 Å². The highest BCUT2D eigenvalue weighted by molar-refractivity contribution is 6.20. The van der Waals surface area contributed by atoms with Gasteiger partial charge in [-0.15, -0.1) is 0 Å². The number of amides is 1. The Kier molecular flexibility index (Phi) is 3.90. The molecule has 2 aromatic heterocycles. The molecular formula is C20H18N4O. The predicted molar refractivity (Wildman–Crippen MR) is 99.7 cm³/mol. The van der Waals surface area contributed by atoms with E-state index in [-0.39, 0.29) is 5.91 Å². The first-order valence-electron chi connectivity index (χ1n) is 8.38. The third kappa shape index (κ3) is 2.74. The molecule has 0 saturated carbocycles. The maximum absolute atomic E-state index is 13.1. The minimum Gasteiger partial charge on any atom is -0.317 e. The molecule has 0 bridgehead atoms. The lowest BCUT2D eigenvalue weighted by atomic mass is 10.0. The lowest BCUT2D eigenvalue weighted by Crippen LogP contribution is -2.17. The van der Waals surface area contributed by atoms with Crippen molar-refractivity contribution in [2.24, 2.45) is 0 Å². The van der Waals surface area contributed by atoms with E-state index in [2.05, 4.69) is 22.2 Å².